The Hall–Kier alpha value is -3.01. The van der Waals surface area contributed by atoms with Crippen molar-refractivity contribution in [2.75, 3.05) is 33.2 Å². The summed E-state index contributed by atoms with van der Waals surface area (Å²) < 4.78 is 11.7. The van der Waals surface area contributed by atoms with Crippen LogP contribution in [0.5, 0.6) is 0 Å². The number of pyridine rings is 1. The molecule has 1 amide bonds. The van der Waals surface area contributed by atoms with Crippen molar-refractivity contribution in [1.82, 2.24) is 14.8 Å². The van der Waals surface area contributed by atoms with Crippen LogP contribution in [-0.2, 0) is 14.3 Å². The monoisotopic (exact) mass is 569 g/mol. The van der Waals surface area contributed by atoms with E-state index in [-0.39, 0.29) is 31.1 Å². The quantitative estimate of drug-likeness (QED) is 0.308. The van der Waals surface area contributed by atoms with Crippen LogP contribution in [0, 0.1) is 5.92 Å². The molecule has 1 aromatic heterocycles. The number of hydrogen-bond acceptors (Lipinski definition) is 8. The molecule has 6 atom stereocenters. The fourth-order valence-corrected chi connectivity index (χ4v) is 5.08. The molecular formula is C32H47N3O6. The van der Waals surface area contributed by atoms with E-state index in [0.717, 1.165) is 30.8 Å². The summed E-state index contributed by atoms with van der Waals surface area (Å²) in [5.74, 6) is -0.693. The molecule has 3 rings (SSSR count). The van der Waals surface area contributed by atoms with Crippen LogP contribution in [0.2, 0.25) is 0 Å². The number of esters is 1. The lowest BCUT2D eigenvalue weighted by Gasteiger charge is -2.34. The summed E-state index contributed by atoms with van der Waals surface area (Å²) in [5.41, 5.74) is 0.335. The van der Waals surface area contributed by atoms with Crippen LogP contribution in [0.25, 0.3) is 0 Å². The van der Waals surface area contributed by atoms with E-state index in [1.54, 1.807) is 24.1 Å². The van der Waals surface area contributed by atoms with Gasteiger partial charge in [-0.05, 0) is 70.5 Å². The summed E-state index contributed by atoms with van der Waals surface area (Å²) in [4.78, 5) is 34.1. The SMILES string of the molecule is C/C(=C\C=C\C(C)c1ccccn1)[C@H]1OC(=O)C[C@@H](O)CC[C@](C)(O)[C@@H](OC(=O)N2CCCN(C)CC2)/C=C/[C@@H]1C. The number of likely N-dealkylation sites (N-methyl/N-ethyl adjacent to an activating group) is 1. The van der Waals surface area contributed by atoms with E-state index < -0.39 is 36.0 Å². The molecule has 0 spiro atoms. The lowest BCUT2D eigenvalue weighted by atomic mass is 9.88. The molecule has 0 aliphatic carbocycles. The minimum Gasteiger partial charge on any atom is -0.457 e. The third kappa shape index (κ3) is 10.1. The smallest absolute Gasteiger partial charge is 0.410 e. The van der Waals surface area contributed by atoms with Crippen molar-refractivity contribution in [3.05, 3.63) is 66.0 Å². The first-order chi connectivity index (χ1) is 19.5. The summed E-state index contributed by atoms with van der Waals surface area (Å²) >= 11 is 0. The van der Waals surface area contributed by atoms with E-state index in [9.17, 15) is 19.8 Å². The molecule has 41 heavy (non-hydrogen) atoms. The van der Waals surface area contributed by atoms with Crippen LogP contribution >= 0.6 is 0 Å². The topological polar surface area (TPSA) is 112 Å². The molecule has 1 fully saturated rings. The number of hydrogen-bond donors (Lipinski definition) is 2. The van der Waals surface area contributed by atoms with Gasteiger partial charge < -0.3 is 29.5 Å². The molecule has 1 saturated heterocycles. The molecule has 226 valence electrons. The molecule has 3 heterocycles. The highest BCUT2D eigenvalue weighted by molar-refractivity contribution is 5.70. The number of cyclic esters (lactones) is 1. The Morgan fingerprint density at radius 3 is 2.76 bits per heavy atom. The van der Waals surface area contributed by atoms with Gasteiger partial charge in [0.25, 0.3) is 0 Å². The third-order valence-electron chi connectivity index (χ3n) is 7.89. The number of amides is 1. The molecular weight excluding hydrogens is 522 g/mol. The van der Waals surface area contributed by atoms with Gasteiger partial charge in [0.05, 0.1) is 12.5 Å². The Morgan fingerprint density at radius 1 is 1.24 bits per heavy atom. The van der Waals surface area contributed by atoms with Gasteiger partial charge in [-0.3, -0.25) is 9.78 Å². The van der Waals surface area contributed by atoms with Crippen LogP contribution in [0.15, 0.2) is 60.3 Å². The second kappa shape index (κ2) is 15.3. The van der Waals surface area contributed by atoms with Crippen LogP contribution in [-0.4, -0.2) is 94.2 Å². The maximum Gasteiger partial charge on any atom is 0.410 e. The van der Waals surface area contributed by atoms with E-state index >= 15 is 0 Å². The molecule has 1 unspecified atom stereocenters. The highest BCUT2D eigenvalue weighted by Crippen LogP contribution is 2.27. The molecule has 2 aliphatic heterocycles. The second-order valence-corrected chi connectivity index (χ2v) is 11.7. The summed E-state index contributed by atoms with van der Waals surface area (Å²) in [7, 11) is 2.03. The summed E-state index contributed by atoms with van der Waals surface area (Å²) in [6.07, 6.45) is 9.10. The molecule has 0 bridgehead atoms. The summed E-state index contributed by atoms with van der Waals surface area (Å²) in [5, 5.41) is 21.9. The van der Waals surface area contributed by atoms with Crippen molar-refractivity contribution in [3.8, 4) is 0 Å². The third-order valence-corrected chi connectivity index (χ3v) is 7.89. The maximum absolute atomic E-state index is 13.1. The zero-order valence-corrected chi connectivity index (χ0v) is 25.1. The lowest BCUT2D eigenvalue weighted by molar-refractivity contribution is -0.151. The Bertz CT molecular complexity index is 1090. The molecule has 0 radical (unpaired) electrons. The van der Waals surface area contributed by atoms with Crippen LogP contribution in [0.4, 0.5) is 4.79 Å². The Kier molecular flexibility index (Phi) is 12.1. The highest BCUT2D eigenvalue weighted by atomic mass is 16.6. The van der Waals surface area contributed by atoms with Crippen LogP contribution < -0.4 is 0 Å². The number of nitrogens with zero attached hydrogens (tertiary/aromatic N) is 3. The predicted molar refractivity (Wildman–Crippen MR) is 158 cm³/mol. The number of allylic oxidation sites excluding steroid dienone is 3. The van der Waals surface area contributed by atoms with Crippen molar-refractivity contribution in [3.63, 3.8) is 0 Å². The minimum atomic E-state index is -1.44. The number of aliphatic hydroxyl groups excluding tert-OH is 1. The minimum absolute atomic E-state index is 0.105. The van der Waals surface area contributed by atoms with Gasteiger partial charge >= 0.3 is 12.1 Å². The van der Waals surface area contributed by atoms with Gasteiger partial charge in [-0.2, -0.15) is 0 Å². The number of aromatic nitrogens is 1. The van der Waals surface area contributed by atoms with Gasteiger partial charge in [0.2, 0.25) is 0 Å². The van der Waals surface area contributed by atoms with Gasteiger partial charge in [0.1, 0.15) is 11.7 Å². The Balaban J connectivity index is 1.81. The first kappa shape index (κ1) is 32.5. The van der Waals surface area contributed by atoms with E-state index in [1.807, 2.05) is 63.4 Å². The number of carbonyl (C=O) groups excluding carboxylic acids is 2. The van der Waals surface area contributed by atoms with Gasteiger partial charge in [-0.25, -0.2) is 4.79 Å². The normalized spacial score (nSPS) is 31.0. The Morgan fingerprint density at radius 2 is 2.02 bits per heavy atom. The largest absolute Gasteiger partial charge is 0.457 e. The molecule has 2 N–H and O–H groups in total. The lowest BCUT2D eigenvalue weighted by Crippen LogP contribution is -2.45. The second-order valence-electron chi connectivity index (χ2n) is 11.7. The van der Waals surface area contributed by atoms with E-state index in [4.69, 9.17) is 9.47 Å². The fraction of sp³-hybridized carbons (Fsp3) is 0.594. The molecule has 0 aromatic carbocycles. The number of aliphatic hydroxyl groups is 2. The van der Waals surface area contributed by atoms with Crippen molar-refractivity contribution in [1.29, 1.82) is 0 Å². The van der Waals surface area contributed by atoms with E-state index in [1.165, 1.54) is 0 Å². The average Bonchev–Trinajstić information content (AvgIpc) is 3.16. The van der Waals surface area contributed by atoms with Gasteiger partial charge in [0.15, 0.2) is 6.10 Å². The van der Waals surface area contributed by atoms with Gasteiger partial charge in [-0.15, -0.1) is 0 Å². The zero-order chi connectivity index (χ0) is 30.0. The maximum atomic E-state index is 13.1. The first-order valence-corrected chi connectivity index (χ1v) is 14.6. The molecule has 2 aliphatic rings. The predicted octanol–water partition coefficient (Wildman–Crippen LogP) is 4.23. The standard InChI is InChI=1S/C32H47N3O6/c1-23(27-12-6-7-17-33-27)10-8-11-24(2)30-25(3)13-14-28(32(4,39)16-15-26(36)22-29(37)41-30)40-31(38)35-19-9-18-34(5)20-21-35/h6-8,10-14,17,23,25-26,28,30,36,39H,9,15-16,18-22H2,1-5H3/b10-8+,14-13+,24-11+/t23?,25-,26-,28-,30+,32-/m0/s1. The van der Waals surface area contributed by atoms with E-state index in [0.29, 0.717) is 13.1 Å². The summed E-state index contributed by atoms with van der Waals surface area (Å²) in [6.45, 7) is 10.3. The van der Waals surface area contributed by atoms with Crippen molar-refractivity contribution in [2.45, 2.75) is 83.2 Å². The van der Waals surface area contributed by atoms with Crippen LogP contribution in [0.3, 0.4) is 0 Å². The number of rotatable bonds is 5. The Labute approximate surface area is 244 Å². The molecule has 9 nitrogen and oxygen atoms in total. The highest BCUT2D eigenvalue weighted by Gasteiger charge is 2.36. The molecule has 1 aromatic rings. The first-order valence-electron chi connectivity index (χ1n) is 14.6. The fourth-order valence-electron chi connectivity index (χ4n) is 5.08. The van der Waals surface area contributed by atoms with Gasteiger partial charge in [-0.1, -0.05) is 44.2 Å². The average molecular weight is 570 g/mol. The molecule has 9 heteroatoms. The van der Waals surface area contributed by atoms with Crippen molar-refractivity contribution >= 4 is 12.1 Å². The van der Waals surface area contributed by atoms with E-state index in [2.05, 4.69) is 16.8 Å². The summed E-state index contributed by atoms with van der Waals surface area (Å²) in [6, 6.07) is 5.81. The van der Waals surface area contributed by atoms with Crippen molar-refractivity contribution in [2.24, 2.45) is 5.92 Å². The van der Waals surface area contributed by atoms with Crippen molar-refractivity contribution < 1.29 is 29.3 Å². The number of carbonyl (C=O) groups is 2. The number of ether oxygens (including phenoxy) is 2. The van der Waals surface area contributed by atoms with Crippen LogP contribution in [0.1, 0.15) is 65.0 Å². The van der Waals surface area contributed by atoms with Gasteiger partial charge in [0, 0.05) is 43.4 Å². The zero-order valence-electron chi connectivity index (χ0n) is 25.1. The molecule has 0 saturated carbocycles.